The Morgan fingerprint density at radius 3 is 2.57 bits per heavy atom. The summed E-state index contributed by atoms with van der Waals surface area (Å²) < 4.78 is 10.5. The predicted octanol–water partition coefficient (Wildman–Crippen LogP) is 3.82. The standard InChI is InChI=1S/C21H22N4O4S/c1-4-13-14(8-9-15(20(13)30-3)25-22-10-11-23-25)18(26)16-17(21(27)28-5-2)24-29-19(16)12-6-7-12/h8-12H,4-7H2,1-3H3. The molecule has 156 valence electrons. The van der Waals surface area contributed by atoms with Gasteiger partial charge < -0.3 is 9.26 Å². The maximum absolute atomic E-state index is 13.7. The van der Waals surface area contributed by atoms with E-state index in [0.29, 0.717) is 17.7 Å². The van der Waals surface area contributed by atoms with Gasteiger partial charge in [-0.15, -0.1) is 11.8 Å². The number of rotatable bonds is 8. The first-order valence-electron chi connectivity index (χ1n) is 9.88. The van der Waals surface area contributed by atoms with E-state index in [2.05, 4.69) is 15.4 Å². The average molecular weight is 426 g/mol. The molecule has 1 aliphatic carbocycles. The Morgan fingerprint density at radius 2 is 1.97 bits per heavy atom. The normalized spacial score (nSPS) is 13.4. The van der Waals surface area contributed by atoms with Crippen LogP contribution in [-0.4, -0.2) is 44.8 Å². The number of carbonyl (C=O) groups excluding carboxylic acids is 2. The van der Waals surface area contributed by atoms with Gasteiger partial charge in [0, 0.05) is 16.4 Å². The topological polar surface area (TPSA) is 100 Å². The monoisotopic (exact) mass is 426 g/mol. The first-order valence-corrected chi connectivity index (χ1v) is 11.1. The Hall–Kier alpha value is -2.94. The Balaban J connectivity index is 1.84. The van der Waals surface area contributed by atoms with E-state index in [9.17, 15) is 9.59 Å². The van der Waals surface area contributed by atoms with Crippen LogP contribution in [0.1, 0.15) is 70.3 Å². The second kappa shape index (κ2) is 8.43. The molecule has 0 N–H and O–H groups in total. The van der Waals surface area contributed by atoms with Crippen molar-refractivity contribution in [2.45, 2.75) is 43.9 Å². The van der Waals surface area contributed by atoms with E-state index in [1.807, 2.05) is 19.2 Å². The maximum Gasteiger partial charge on any atom is 0.361 e. The minimum Gasteiger partial charge on any atom is -0.461 e. The smallest absolute Gasteiger partial charge is 0.361 e. The maximum atomic E-state index is 13.7. The summed E-state index contributed by atoms with van der Waals surface area (Å²) in [7, 11) is 0. The van der Waals surface area contributed by atoms with Crippen molar-refractivity contribution in [3.05, 3.63) is 52.7 Å². The lowest BCUT2D eigenvalue weighted by molar-refractivity contribution is 0.0512. The number of carbonyl (C=O) groups is 2. The van der Waals surface area contributed by atoms with Gasteiger partial charge in [-0.2, -0.15) is 15.0 Å². The lowest BCUT2D eigenvalue weighted by Gasteiger charge is -2.15. The minimum absolute atomic E-state index is 0.0469. The van der Waals surface area contributed by atoms with E-state index in [1.165, 1.54) is 11.8 Å². The molecule has 1 aromatic carbocycles. The highest BCUT2D eigenvalue weighted by molar-refractivity contribution is 7.98. The molecule has 0 spiro atoms. The van der Waals surface area contributed by atoms with Crippen LogP contribution in [0.4, 0.5) is 0 Å². The van der Waals surface area contributed by atoms with Crippen molar-refractivity contribution < 1.29 is 18.8 Å². The lowest BCUT2D eigenvalue weighted by Crippen LogP contribution is -2.15. The van der Waals surface area contributed by atoms with Crippen LogP contribution in [0.15, 0.2) is 33.9 Å². The van der Waals surface area contributed by atoms with Crippen LogP contribution in [0.5, 0.6) is 0 Å². The van der Waals surface area contributed by atoms with Crippen LogP contribution < -0.4 is 0 Å². The third-order valence-corrected chi connectivity index (χ3v) is 5.90. The first kappa shape index (κ1) is 20.3. The summed E-state index contributed by atoms with van der Waals surface area (Å²) >= 11 is 1.53. The van der Waals surface area contributed by atoms with Gasteiger partial charge in [-0.05, 0) is 50.1 Å². The summed E-state index contributed by atoms with van der Waals surface area (Å²) in [5.41, 5.74) is 2.38. The molecule has 8 nitrogen and oxygen atoms in total. The van der Waals surface area contributed by atoms with Crippen LogP contribution in [-0.2, 0) is 11.2 Å². The van der Waals surface area contributed by atoms with Crippen molar-refractivity contribution in [3.8, 4) is 5.69 Å². The van der Waals surface area contributed by atoms with Crippen LogP contribution >= 0.6 is 11.8 Å². The molecule has 0 unspecified atom stereocenters. The van der Waals surface area contributed by atoms with Gasteiger partial charge in [0.05, 0.1) is 24.7 Å². The third-order valence-electron chi connectivity index (χ3n) is 5.04. The SMILES string of the molecule is CCOC(=O)c1noc(C2CC2)c1C(=O)c1ccc(-n2nccn2)c(SC)c1CC. The number of thioether (sulfide) groups is 1. The number of ketones is 1. The van der Waals surface area contributed by atoms with Crippen LogP contribution in [0.3, 0.4) is 0 Å². The van der Waals surface area contributed by atoms with Gasteiger partial charge in [0.2, 0.25) is 5.69 Å². The summed E-state index contributed by atoms with van der Waals surface area (Å²) in [4.78, 5) is 28.6. The molecular formula is C21H22N4O4S. The molecule has 9 heteroatoms. The van der Waals surface area contributed by atoms with Crippen LogP contribution in [0.25, 0.3) is 5.69 Å². The van der Waals surface area contributed by atoms with Gasteiger partial charge >= 0.3 is 5.97 Å². The molecular weight excluding hydrogens is 404 g/mol. The molecule has 1 aliphatic rings. The van der Waals surface area contributed by atoms with E-state index in [0.717, 1.165) is 29.0 Å². The fraction of sp³-hybridized carbons (Fsp3) is 0.381. The van der Waals surface area contributed by atoms with E-state index in [1.54, 1.807) is 30.2 Å². The molecule has 30 heavy (non-hydrogen) atoms. The van der Waals surface area contributed by atoms with Gasteiger partial charge in [0.15, 0.2) is 11.5 Å². The molecule has 0 aliphatic heterocycles. The minimum atomic E-state index is -0.642. The number of ether oxygens (including phenoxy) is 1. The first-order chi connectivity index (χ1) is 14.6. The van der Waals surface area contributed by atoms with Crippen molar-refractivity contribution in [2.75, 3.05) is 12.9 Å². The Bertz CT molecular complexity index is 1090. The summed E-state index contributed by atoms with van der Waals surface area (Å²) in [6.07, 6.45) is 7.63. The largest absolute Gasteiger partial charge is 0.461 e. The molecule has 2 heterocycles. The van der Waals surface area contributed by atoms with Gasteiger partial charge in [-0.1, -0.05) is 12.1 Å². The van der Waals surface area contributed by atoms with Gasteiger partial charge in [0.25, 0.3) is 0 Å². The number of hydrogen-bond donors (Lipinski definition) is 0. The zero-order valence-corrected chi connectivity index (χ0v) is 17.9. The number of benzene rings is 1. The second-order valence-electron chi connectivity index (χ2n) is 6.91. The molecule has 2 aromatic heterocycles. The van der Waals surface area contributed by atoms with E-state index < -0.39 is 5.97 Å². The molecule has 1 fully saturated rings. The van der Waals surface area contributed by atoms with Crippen molar-refractivity contribution in [3.63, 3.8) is 0 Å². The summed E-state index contributed by atoms with van der Waals surface area (Å²) in [6, 6.07) is 3.59. The van der Waals surface area contributed by atoms with Crippen LogP contribution in [0.2, 0.25) is 0 Å². The highest BCUT2D eigenvalue weighted by Crippen LogP contribution is 2.43. The van der Waals surface area contributed by atoms with Gasteiger partial charge in [-0.25, -0.2) is 4.79 Å². The van der Waals surface area contributed by atoms with E-state index in [4.69, 9.17) is 9.26 Å². The molecule has 0 radical (unpaired) electrons. The van der Waals surface area contributed by atoms with Crippen molar-refractivity contribution in [1.29, 1.82) is 0 Å². The third kappa shape index (κ3) is 3.54. The van der Waals surface area contributed by atoms with Crippen molar-refractivity contribution in [1.82, 2.24) is 20.2 Å². The summed E-state index contributed by atoms with van der Waals surface area (Å²) in [5, 5.41) is 12.3. The summed E-state index contributed by atoms with van der Waals surface area (Å²) in [6.45, 7) is 3.90. The quantitative estimate of drug-likeness (QED) is 0.304. The average Bonchev–Trinajstić information content (AvgIpc) is 3.27. The lowest BCUT2D eigenvalue weighted by atomic mass is 9.94. The van der Waals surface area contributed by atoms with Crippen molar-refractivity contribution >= 4 is 23.5 Å². The second-order valence-corrected chi connectivity index (χ2v) is 7.73. The zero-order chi connectivity index (χ0) is 21.3. The molecule has 4 rings (SSSR count). The highest BCUT2D eigenvalue weighted by Gasteiger charge is 2.38. The number of esters is 1. The number of hydrogen-bond acceptors (Lipinski definition) is 8. The van der Waals surface area contributed by atoms with E-state index in [-0.39, 0.29) is 29.6 Å². The van der Waals surface area contributed by atoms with Crippen LogP contribution in [0, 0.1) is 0 Å². The summed E-state index contributed by atoms with van der Waals surface area (Å²) in [5.74, 6) is -0.309. The molecule has 0 saturated heterocycles. The fourth-order valence-corrected chi connectivity index (χ4v) is 4.38. The molecule has 0 bridgehead atoms. The number of nitrogens with zero attached hydrogens (tertiary/aromatic N) is 4. The Kier molecular flexibility index (Phi) is 5.72. The Morgan fingerprint density at radius 1 is 1.23 bits per heavy atom. The van der Waals surface area contributed by atoms with Crippen molar-refractivity contribution in [2.24, 2.45) is 0 Å². The molecule has 3 aromatic rings. The fourth-order valence-electron chi connectivity index (χ4n) is 3.52. The Labute approximate surface area is 178 Å². The number of aromatic nitrogens is 4. The van der Waals surface area contributed by atoms with Gasteiger partial charge in [-0.3, -0.25) is 4.79 Å². The van der Waals surface area contributed by atoms with E-state index >= 15 is 0 Å². The van der Waals surface area contributed by atoms with Gasteiger partial charge in [0.1, 0.15) is 5.56 Å². The predicted molar refractivity (Wildman–Crippen MR) is 110 cm³/mol. The highest BCUT2D eigenvalue weighted by atomic mass is 32.2. The molecule has 0 atom stereocenters. The molecule has 0 amide bonds. The molecule has 1 saturated carbocycles. The zero-order valence-electron chi connectivity index (χ0n) is 17.0.